The van der Waals surface area contributed by atoms with Crippen molar-refractivity contribution >= 4 is 17.1 Å². The molecule has 4 N–H and O–H groups in total. The van der Waals surface area contributed by atoms with Gasteiger partial charge in [0.1, 0.15) is 5.82 Å². The summed E-state index contributed by atoms with van der Waals surface area (Å²) in [6, 6.07) is 3.87. The van der Waals surface area contributed by atoms with Crippen LogP contribution < -0.4 is 16.0 Å². The number of H-pyrrole nitrogens is 1. The maximum atomic E-state index is 11.9. The molecule has 1 aliphatic rings. The van der Waals surface area contributed by atoms with E-state index in [2.05, 4.69) is 45.8 Å². The largest absolute Gasteiger partial charge is 0.374 e. The molecule has 23 heavy (non-hydrogen) atoms. The van der Waals surface area contributed by atoms with E-state index in [-0.39, 0.29) is 12.1 Å². The van der Waals surface area contributed by atoms with Gasteiger partial charge in [-0.15, -0.1) is 0 Å². The summed E-state index contributed by atoms with van der Waals surface area (Å²) in [5.74, 6) is 0.749. The number of hydrogen-bond acceptors (Lipinski definition) is 4. The molecule has 3 rings (SSSR count). The standard InChI is InChI=1S/C16H23N5O2/c1-10-3-4-13-15(11(10)2)21-14(20-13)9-19-16(22)18-8-12-7-17-5-6-23-12/h3-4,12,17H,5-9H2,1-2H3,(H,20,21)(H2,18,19,22). The lowest BCUT2D eigenvalue weighted by Crippen LogP contribution is -2.47. The summed E-state index contributed by atoms with van der Waals surface area (Å²) in [7, 11) is 0. The van der Waals surface area contributed by atoms with Crippen molar-refractivity contribution in [3.8, 4) is 0 Å². The SMILES string of the molecule is Cc1ccc2[nH]c(CNC(=O)NCC3CNCCO3)nc2c1C. The van der Waals surface area contributed by atoms with Crippen LogP contribution in [0.4, 0.5) is 4.79 Å². The van der Waals surface area contributed by atoms with Gasteiger partial charge in [0, 0.05) is 19.6 Å². The minimum atomic E-state index is -0.215. The molecule has 1 aliphatic heterocycles. The van der Waals surface area contributed by atoms with Gasteiger partial charge in [-0.1, -0.05) is 6.07 Å². The van der Waals surface area contributed by atoms with Gasteiger partial charge in [0.2, 0.25) is 0 Å². The highest BCUT2D eigenvalue weighted by atomic mass is 16.5. The van der Waals surface area contributed by atoms with Gasteiger partial charge in [-0.2, -0.15) is 0 Å². The second kappa shape index (κ2) is 6.97. The Morgan fingerprint density at radius 3 is 3.04 bits per heavy atom. The Morgan fingerprint density at radius 2 is 2.26 bits per heavy atom. The van der Waals surface area contributed by atoms with Gasteiger partial charge in [0.25, 0.3) is 0 Å². The monoisotopic (exact) mass is 317 g/mol. The molecule has 0 saturated carbocycles. The molecule has 1 aromatic heterocycles. The zero-order valence-corrected chi connectivity index (χ0v) is 13.5. The molecule has 7 nitrogen and oxygen atoms in total. The molecule has 2 amide bonds. The van der Waals surface area contributed by atoms with E-state index in [1.807, 2.05) is 6.07 Å². The molecular formula is C16H23N5O2. The quantitative estimate of drug-likeness (QED) is 0.676. The first kappa shape index (κ1) is 15.8. The molecule has 124 valence electrons. The Balaban J connectivity index is 1.51. The van der Waals surface area contributed by atoms with E-state index >= 15 is 0 Å². The van der Waals surface area contributed by atoms with Gasteiger partial charge < -0.3 is 25.7 Å². The Kier molecular flexibility index (Phi) is 4.78. The molecule has 7 heteroatoms. The molecule has 0 spiro atoms. The Labute approximate surface area is 135 Å². The van der Waals surface area contributed by atoms with Gasteiger partial charge in [-0.25, -0.2) is 9.78 Å². The molecular weight excluding hydrogens is 294 g/mol. The topological polar surface area (TPSA) is 91.1 Å². The maximum absolute atomic E-state index is 11.9. The van der Waals surface area contributed by atoms with Gasteiger partial charge >= 0.3 is 6.03 Å². The minimum Gasteiger partial charge on any atom is -0.374 e. The summed E-state index contributed by atoms with van der Waals surface area (Å²) in [4.78, 5) is 19.7. The number of amides is 2. The first-order chi connectivity index (χ1) is 11.1. The molecule has 1 fully saturated rings. The van der Waals surface area contributed by atoms with Gasteiger partial charge in [0.15, 0.2) is 0 Å². The van der Waals surface area contributed by atoms with Crippen molar-refractivity contribution < 1.29 is 9.53 Å². The van der Waals surface area contributed by atoms with E-state index in [4.69, 9.17) is 4.74 Å². The fraction of sp³-hybridized carbons (Fsp3) is 0.500. The molecule has 2 aromatic rings. The summed E-state index contributed by atoms with van der Waals surface area (Å²) >= 11 is 0. The van der Waals surface area contributed by atoms with Crippen molar-refractivity contribution in [1.82, 2.24) is 25.9 Å². The highest BCUT2D eigenvalue weighted by Gasteiger charge is 2.14. The number of aryl methyl sites for hydroxylation is 2. The van der Waals surface area contributed by atoms with Gasteiger partial charge in [-0.3, -0.25) is 0 Å². The van der Waals surface area contributed by atoms with E-state index in [9.17, 15) is 4.79 Å². The summed E-state index contributed by atoms with van der Waals surface area (Å²) in [6.45, 7) is 7.31. The number of benzene rings is 1. The number of ether oxygens (including phenoxy) is 1. The number of nitrogens with zero attached hydrogens (tertiary/aromatic N) is 1. The molecule has 1 saturated heterocycles. The van der Waals surface area contributed by atoms with Crippen molar-refractivity contribution in [2.75, 3.05) is 26.2 Å². The average molecular weight is 317 g/mol. The van der Waals surface area contributed by atoms with Crippen LogP contribution in [0.1, 0.15) is 17.0 Å². The van der Waals surface area contributed by atoms with Crippen LogP contribution in [0.25, 0.3) is 11.0 Å². The van der Waals surface area contributed by atoms with Crippen LogP contribution >= 0.6 is 0 Å². The highest BCUT2D eigenvalue weighted by Crippen LogP contribution is 2.19. The first-order valence-corrected chi connectivity index (χ1v) is 7.92. The summed E-state index contributed by atoms with van der Waals surface area (Å²) in [5.41, 5.74) is 4.33. The Morgan fingerprint density at radius 1 is 1.39 bits per heavy atom. The molecule has 1 unspecified atom stereocenters. The number of imidazole rings is 1. The van der Waals surface area contributed by atoms with Crippen LogP contribution in [0.5, 0.6) is 0 Å². The zero-order valence-electron chi connectivity index (χ0n) is 13.5. The van der Waals surface area contributed by atoms with E-state index in [0.29, 0.717) is 19.7 Å². The molecule has 0 aliphatic carbocycles. The van der Waals surface area contributed by atoms with E-state index in [1.54, 1.807) is 0 Å². The van der Waals surface area contributed by atoms with Crippen LogP contribution in [0.3, 0.4) is 0 Å². The van der Waals surface area contributed by atoms with Crippen molar-refractivity contribution in [3.05, 3.63) is 29.1 Å². The number of nitrogens with one attached hydrogen (secondary N) is 4. The summed E-state index contributed by atoms with van der Waals surface area (Å²) < 4.78 is 5.53. The predicted molar refractivity (Wildman–Crippen MR) is 88.4 cm³/mol. The second-order valence-electron chi connectivity index (χ2n) is 5.85. The third-order valence-electron chi connectivity index (χ3n) is 4.14. The lowest BCUT2D eigenvalue weighted by atomic mass is 10.1. The number of aromatic nitrogens is 2. The smallest absolute Gasteiger partial charge is 0.315 e. The van der Waals surface area contributed by atoms with E-state index < -0.39 is 0 Å². The lowest BCUT2D eigenvalue weighted by molar-refractivity contribution is 0.0307. The molecule has 1 atom stereocenters. The van der Waals surface area contributed by atoms with Gasteiger partial charge in [0.05, 0.1) is 30.3 Å². The van der Waals surface area contributed by atoms with E-state index in [1.165, 1.54) is 5.56 Å². The van der Waals surface area contributed by atoms with Crippen LogP contribution in [0.2, 0.25) is 0 Å². The third-order valence-corrected chi connectivity index (χ3v) is 4.14. The molecule has 0 radical (unpaired) electrons. The maximum Gasteiger partial charge on any atom is 0.315 e. The highest BCUT2D eigenvalue weighted by molar-refractivity contribution is 5.80. The number of morpholine rings is 1. The Bertz CT molecular complexity index is 691. The van der Waals surface area contributed by atoms with Crippen molar-refractivity contribution in [2.24, 2.45) is 0 Å². The number of rotatable bonds is 4. The number of carbonyl (C=O) groups excluding carboxylic acids is 1. The fourth-order valence-electron chi connectivity index (χ4n) is 2.63. The van der Waals surface area contributed by atoms with Crippen LogP contribution in [0, 0.1) is 13.8 Å². The van der Waals surface area contributed by atoms with Crippen molar-refractivity contribution in [3.63, 3.8) is 0 Å². The lowest BCUT2D eigenvalue weighted by Gasteiger charge is -2.23. The number of carbonyl (C=O) groups is 1. The molecule has 1 aromatic carbocycles. The summed E-state index contributed by atoms with van der Waals surface area (Å²) in [6.07, 6.45) is 0.0336. The third kappa shape index (κ3) is 3.80. The van der Waals surface area contributed by atoms with Crippen molar-refractivity contribution in [1.29, 1.82) is 0 Å². The minimum absolute atomic E-state index is 0.0336. The number of fused-ring (bicyclic) bond motifs is 1. The summed E-state index contributed by atoms with van der Waals surface area (Å²) in [5, 5.41) is 8.86. The molecule has 2 heterocycles. The molecule has 0 bridgehead atoms. The zero-order chi connectivity index (χ0) is 16.2. The predicted octanol–water partition coefficient (Wildman–Crippen LogP) is 0.967. The Hall–Kier alpha value is -2.12. The number of urea groups is 1. The van der Waals surface area contributed by atoms with E-state index in [0.717, 1.165) is 35.5 Å². The fourth-order valence-corrected chi connectivity index (χ4v) is 2.63. The van der Waals surface area contributed by atoms with Crippen LogP contribution in [-0.2, 0) is 11.3 Å². The number of aromatic amines is 1. The number of hydrogen-bond donors (Lipinski definition) is 4. The van der Waals surface area contributed by atoms with Crippen LogP contribution in [0.15, 0.2) is 12.1 Å². The second-order valence-corrected chi connectivity index (χ2v) is 5.85. The van der Waals surface area contributed by atoms with Crippen LogP contribution in [-0.4, -0.2) is 48.3 Å². The van der Waals surface area contributed by atoms with Gasteiger partial charge in [-0.05, 0) is 31.0 Å². The normalized spacial score (nSPS) is 18.1. The average Bonchev–Trinajstić information content (AvgIpc) is 2.99. The van der Waals surface area contributed by atoms with Crippen molar-refractivity contribution in [2.45, 2.75) is 26.5 Å². The first-order valence-electron chi connectivity index (χ1n) is 7.92.